The first-order valence-electron chi connectivity index (χ1n) is 10.1. The number of fused-ring (bicyclic) bond motifs is 1. The van der Waals surface area contributed by atoms with E-state index in [1.54, 1.807) is 27.8 Å². The van der Waals surface area contributed by atoms with Crippen LogP contribution in [0.1, 0.15) is 43.1 Å². The summed E-state index contributed by atoms with van der Waals surface area (Å²) in [5.41, 5.74) is 2.66. The summed E-state index contributed by atoms with van der Waals surface area (Å²) in [5, 5.41) is 16.8. The van der Waals surface area contributed by atoms with Crippen molar-refractivity contribution >= 4 is 11.5 Å². The maximum atomic E-state index is 12.4. The fraction of sp³-hybridized carbons (Fsp3) is 0.400. The molecule has 1 fully saturated rings. The number of hydrogen-bond acceptors (Lipinski definition) is 7. The van der Waals surface area contributed by atoms with E-state index in [9.17, 15) is 4.79 Å². The van der Waals surface area contributed by atoms with Crippen LogP contribution < -0.4 is 10.9 Å². The minimum atomic E-state index is -0.0891. The molecule has 0 aliphatic heterocycles. The van der Waals surface area contributed by atoms with E-state index in [0.717, 1.165) is 48.5 Å². The second-order valence-electron chi connectivity index (χ2n) is 7.80. The zero-order valence-electron chi connectivity index (χ0n) is 16.9. The van der Waals surface area contributed by atoms with Crippen molar-refractivity contribution in [1.82, 2.24) is 39.1 Å². The number of nitrogens with zero attached hydrogens (tertiary/aromatic N) is 8. The lowest BCUT2D eigenvalue weighted by atomic mass is 9.91. The first-order valence-corrected chi connectivity index (χ1v) is 10.1. The molecule has 154 valence electrons. The van der Waals surface area contributed by atoms with Gasteiger partial charge in [-0.25, -0.2) is 19.3 Å². The number of aromatic nitrogens is 8. The van der Waals surface area contributed by atoms with Crippen molar-refractivity contribution in [3.05, 3.63) is 58.7 Å². The molecule has 1 aliphatic carbocycles. The molecule has 5 rings (SSSR count). The van der Waals surface area contributed by atoms with Crippen molar-refractivity contribution < 1.29 is 0 Å². The van der Waals surface area contributed by atoms with Gasteiger partial charge in [0.05, 0.1) is 11.7 Å². The summed E-state index contributed by atoms with van der Waals surface area (Å²) in [4.78, 5) is 20.9. The molecule has 0 spiro atoms. The third-order valence-corrected chi connectivity index (χ3v) is 5.54. The maximum Gasteiger partial charge on any atom is 0.267 e. The molecule has 0 atom stereocenters. The zero-order chi connectivity index (χ0) is 20.7. The van der Waals surface area contributed by atoms with Crippen LogP contribution in [0, 0.1) is 13.8 Å². The van der Waals surface area contributed by atoms with Crippen LogP contribution in [0.25, 0.3) is 11.5 Å². The Morgan fingerprint density at radius 1 is 1.03 bits per heavy atom. The Hall–Kier alpha value is -3.56. The molecule has 0 unspecified atom stereocenters. The Morgan fingerprint density at radius 2 is 1.87 bits per heavy atom. The quantitative estimate of drug-likeness (QED) is 0.554. The highest BCUT2D eigenvalue weighted by molar-refractivity contribution is 5.50. The average molecular weight is 405 g/mol. The number of anilines is 1. The van der Waals surface area contributed by atoms with Crippen LogP contribution in [0.15, 0.2) is 41.7 Å². The summed E-state index contributed by atoms with van der Waals surface area (Å²) in [6.07, 6.45) is 6.65. The lowest BCUT2D eigenvalue weighted by Crippen LogP contribution is -2.34. The Bertz CT molecular complexity index is 1230. The zero-order valence-corrected chi connectivity index (χ0v) is 16.9. The van der Waals surface area contributed by atoms with Gasteiger partial charge < -0.3 is 5.32 Å². The van der Waals surface area contributed by atoms with Crippen molar-refractivity contribution in [2.24, 2.45) is 0 Å². The van der Waals surface area contributed by atoms with Gasteiger partial charge in [-0.05, 0) is 45.6 Å². The fourth-order valence-electron chi connectivity index (χ4n) is 4.12. The van der Waals surface area contributed by atoms with Gasteiger partial charge in [0.15, 0.2) is 11.5 Å². The first kappa shape index (κ1) is 18.5. The van der Waals surface area contributed by atoms with E-state index in [-0.39, 0.29) is 11.6 Å². The predicted octanol–water partition coefficient (Wildman–Crippen LogP) is 2.08. The van der Waals surface area contributed by atoms with Gasteiger partial charge in [0, 0.05) is 29.9 Å². The maximum absolute atomic E-state index is 12.4. The summed E-state index contributed by atoms with van der Waals surface area (Å²) in [7, 11) is 0. The van der Waals surface area contributed by atoms with Crippen LogP contribution in [-0.4, -0.2) is 45.2 Å². The average Bonchev–Trinajstić information content (AvgIpc) is 3.38. The largest absolute Gasteiger partial charge is 0.367 e. The minimum absolute atomic E-state index is 0.0742. The molecule has 30 heavy (non-hydrogen) atoms. The standard InChI is InChI=1S/C20H23N9O/c1-13-9-19(29-18(23-13)10-14(2)25-29)24-15-3-5-16(6-4-15)28-20(30)8-7-17(26-28)27-12-21-11-22-27/h7-12,15-16,24H,3-6H2,1-2H3. The van der Waals surface area contributed by atoms with Gasteiger partial charge in [-0.3, -0.25) is 4.79 Å². The third-order valence-electron chi connectivity index (χ3n) is 5.54. The highest BCUT2D eigenvalue weighted by Crippen LogP contribution is 2.29. The number of aryl methyl sites for hydroxylation is 2. The predicted molar refractivity (Wildman–Crippen MR) is 111 cm³/mol. The minimum Gasteiger partial charge on any atom is -0.367 e. The topological polar surface area (TPSA) is 108 Å². The molecule has 10 nitrogen and oxygen atoms in total. The third kappa shape index (κ3) is 3.44. The monoisotopic (exact) mass is 405 g/mol. The van der Waals surface area contributed by atoms with E-state index in [2.05, 4.69) is 30.6 Å². The van der Waals surface area contributed by atoms with Crippen molar-refractivity contribution in [3.8, 4) is 5.82 Å². The molecule has 1 aliphatic rings. The highest BCUT2D eigenvalue weighted by Gasteiger charge is 2.25. The first-order chi connectivity index (χ1) is 14.6. The lowest BCUT2D eigenvalue weighted by molar-refractivity contribution is 0.302. The van der Waals surface area contributed by atoms with Crippen LogP contribution in [-0.2, 0) is 0 Å². The van der Waals surface area contributed by atoms with Crippen LogP contribution in [0.4, 0.5) is 5.82 Å². The Balaban J connectivity index is 1.32. The summed E-state index contributed by atoms with van der Waals surface area (Å²) in [5.74, 6) is 1.55. The number of rotatable bonds is 4. The lowest BCUT2D eigenvalue weighted by Gasteiger charge is -2.30. The molecule has 4 aromatic rings. The van der Waals surface area contributed by atoms with Crippen molar-refractivity contribution in [2.45, 2.75) is 51.6 Å². The second kappa shape index (κ2) is 7.36. The molecule has 0 bridgehead atoms. The fourth-order valence-corrected chi connectivity index (χ4v) is 4.12. The molecule has 0 aromatic carbocycles. The van der Waals surface area contributed by atoms with E-state index in [1.807, 2.05) is 30.5 Å². The summed E-state index contributed by atoms with van der Waals surface area (Å²) in [6.45, 7) is 3.96. The van der Waals surface area contributed by atoms with Crippen molar-refractivity contribution in [3.63, 3.8) is 0 Å². The van der Waals surface area contributed by atoms with Gasteiger partial charge in [-0.15, -0.1) is 5.10 Å². The van der Waals surface area contributed by atoms with Crippen LogP contribution in [0.3, 0.4) is 0 Å². The van der Waals surface area contributed by atoms with Gasteiger partial charge in [0.1, 0.15) is 18.5 Å². The normalized spacial score (nSPS) is 19.3. The Kier molecular flexibility index (Phi) is 4.53. The smallest absolute Gasteiger partial charge is 0.267 e. The molecular weight excluding hydrogens is 382 g/mol. The van der Waals surface area contributed by atoms with Gasteiger partial charge in [0.25, 0.3) is 5.56 Å². The molecule has 0 saturated heterocycles. The van der Waals surface area contributed by atoms with Crippen molar-refractivity contribution in [1.29, 1.82) is 0 Å². The van der Waals surface area contributed by atoms with Gasteiger partial charge in [-0.1, -0.05) is 0 Å². The van der Waals surface area contributed by atoms with Crippen molar-refractivity contribution in [2.75, 3.05) is 5.32 Å². The molecule has 4 aromatic heterocycles. The Labute approximate surface area is 172 Å². The van der Waals surface area contributed by atoms with Gasteiger partial charge in [-0.2, -0.15) is 14.7 Å². The molecule has 0 radical (unpaired) electrons. The van der Waals surface area contributed by atoms with E-state index < -0.39 is 0 Å². The van der Waals surface area contributed by atoms with E-state index in [1.165, 1.54) is 6.33 Å². The molecule has 10 heteroatoms. The van der Waals surface area contributed by atoms with Crippen LogP contribution >= 0.6 is 0 Å². The second-order valence-corrected chi connectivity index (χ2v) is 7.80. The molecular formula is C20H23N9O. The summed E-state index contributed by atoms with van der Waals surface area (Å²) >= 11 is 0. The summed E-state index contributed by atoms with van der Waals surface area (Å²) in [6, 6.07) is 7.61. The van der Waals surface area contributed by atoms with E-state index >= 15 is 0 Å². The molecule has 1 saturated carbocycles. The number of hydrogen-bond donors (Lipinski definition) is 1. The van der Waals surface area contributed by atoms with E-state index in [0.29, 0.717) is 11.9 Å². The van der Waals surface area contributed by atoms with Crippen LogP contribution in [0.2, 0.25) is 0 Å². The van der Waals surface area contributed by atoms with Gasteiger partial charge >= 0.3 is 0 Å². The molecule has 1 N–H and O–H groups in total. The SMILES string of the molecule is Cc1cc(NC2CCC(n3nc(-n4cncn4)ccc3=O)CC2)n2nc(C)cc2n1. The molecule has 4 heterocycles. The molecule has 0 amide bonds. The van der Waals surface area contributed by atoms with E-state index in [4.69, 9.17) is 0 Å². The number of nitrogens with one attached hydrogen (secondary N) is 1. The van der Waals surface area contributed by atoms with Gasteiger partial charge in [0.2, 0.25) is 0 Å². The van der Waals surface area contributed by atoms with Crippen LogP contribution in [0.5, 0.6) is 0 Å². The Morgan fingerprint density at radius 3 is 2.63 bits per heavy atom. The summed E-state index contributed by atoms with van der Waals surface area (Å²) < 4.78 is 5.02. The highest BCUT2D eigenvalue weighted by atomic mass is 16.1.